The van der Waals surface area contributed by atoms with Gasteiger partial charge in [-0.1, -0.05) is 11.6 Å². The lowest BCUT2D eigenvalue weighted by Gasteiger charge is -2.10. The maximum absolute atomic E-state index is 5.98. The fourth-order valence-corrected chi connectivity index (χ4v) is 2.60. The minimum absolute atomic E-state index is 0.314. The van der Waals surface area contributed by atoms with E-state index in [1.807, 2.05) is 6.07 Å². The average Bonchev–Trinajstić information content (AvgIpc) is 3.07. The lowest BCUT2D eigenvalue weighted by molar-refractivity contribution is 0.0994. The molecule has 0 bridgehead atoms. The van der Waals surface area contributed by atoms with Crippen LogP contribution in [0, 0.1) is 0 Å². The number of aryl methyl sites for hydroxylation is 1. The van der Waals surface area contributed by atoms with E-state index in [0.717, 1.165) is 38.0 Å². The van der Waals surface area contributed by atoms with Crippen LogP contribution in [0.3, 0.4) is 0 Å². The van der Waals surface area contributed by atoms with E-state index in [9.17, 15) is 0 Å². The van der Waals surface area contributed by atoms with Crippen molar-refractivity contribution in [2.75, 3.05) is 12.3 Å². The van der Waals surface area contributed by atoms with Crippen molar-refractivity contribution in [3.63, 3.8) is 0 Å². The van der Waals surface area contributed by atoms with Crippen molar-refractivity contribution in [2.45, 2.75) is 31.9 Å². The van der Waals surface area contributed by atoms with E-state index >= 15 is 0 Å². The number of halogens is 1. The number of rotatable bonds is 4. The van der Waals surface area contributed by atoms with Gasteiger partial charge in [0, 0.05) is 29.4 Å². The topological polar surface area (TPSA) is 78.9 Å². The number of nitrogen functional groups attached to an aromatic ring is 1. The first-order valence-corrected chi connectivity index (χ1v) is 7.05. The molecular weight excluding hydrogens is 278 g/mol. The molecule has 3 rings (SSSR count). The summed E-state index contributed by atoms with van der Waals surface area (Å²) >= 11 is 5.91. The molecule has 1 aliphatic heterocycles. The summed E-state index contributed by atoms with van der Waals surface area (Å²) in [6, 6.07) is 5.33. The summed E-state index contributed by atoms with van der Waals surface area (Å²) in [7, 11) is 0. The van der Waals surface area contributed by atoms with E-state index in [1.165, 1.54) is 0 Å². The summed E-state index contributed by atoms with van der Waals surface area (Å²) in [5.74, 6) is 0.664. The molecule has 7 heteroatoms. The predicted molar refractivity (Wildman–Crippen MR) is 76.3 cm³/mol. The third-order valence-corrected chi connectivity index (χ3v) is 3.71. The Hall–Kier alpha value is -1.66. The Morgan fingerprint density at radius 1 is 1.45 bits per heavy atom. The SMILES string of the molecule is Nc1cc(Cl)ccc1-c1nnnn1CCC1CCCO1. The van der Waals surface area contributed by atoms with Crippen molar-refractivity contribution in [1.29, 1.82) is 0 Å². The molecule has 2 aromatic rings. The molecule has 0 aliphatic carbocycles. The van der Waals surface area contributed by atoms with Gasteiger partial charge in [0.25, 0.3) is 0 Å². The first-order chi connectivity index (χ1) is 9.74. The number of benzene rings is 1. The highest BCUT2D eigenvalue weighted by atomic mass is 35.5. The predicted octanol–water partition coefficient (Wildman–Crippen LogP) is 2.14. The molecule has 1 aromatic heterocycles. The lowest BCUT2D eigenvalue weighted by Crippen LogP contribution is -2.12. The van der Waals surface area contributed by atoms with Gasteiger partial charge in [-0.25, -0.2) is 4.68 Å². The first-order valence-electron chi connectivity index (χ1n) is 6.67. The number of nitrogens with zero attached hydrogens (tertiary/aromatic N) is 4. The van der Waals surface area contributed by atoms with Crippen LogP contribution in [0.1, 0.15) is 19.3 Å². The van der Waals surface area contributed by atoms with Crippen LogP contribution in [0.25, 0.3) is 11.4 Å². The number of anilines is 1. The second-order valence-electron chi connectivity index (χ2n) is 4.88. The maximum atomic E-state index is 5.98. The zero-order valence-electron chi connectivity index (χ0n) is 11.0. The van der Waals surface area contributed by atoms with Gasteiger partial charge >= 0.3 is 0 Å². The van der Waals surface area contributed by atoms with Gasteiger partial charge in [0.1, 0.15) is 0 Å². The Morgan fingerprint density at radius 2 is 2.35 bits per heavy atom. The smallest absolute Gasteiger partial charge is 0.184 e. The largest absolute Gasteiger partial charge is 0.398 e. The molecule has 1 saturated heterocycles. The summed E-state index contributed by atoms with van der Waals surface area (Å²) in [6.45, 7) is 1.58. The van der Waals surface area contributed by atoms with Gasteiger partial charge in [-0.3, -0.25) is 0 Å². The van der Waals surface area contributed by atoms with Crippen LogP contribution in [-0.4, -0.2) is 32.9 Å². The summed E-state index contributed by atoms with van der Waals surface area (Å²) in [6.07, 6.45) is 3.47. The number of nitrogens with two attached hydrogens (primary N) is 1. The van der Waals surface area contributed by atoms with Gasteiger partial charge in [-0.15, -0.1) is 5.10 Å². The number of ether oxygens (including phenoxy) is 1. The second-order valence-corrected chi connectivity index (χ2v) is 5.32. The van der Waals surface area contributed by atoms with E-state index in [2.05, 4.69) is 15.5 Å². The van der Waals surface area contributed by atoms with E-state index < -0.39 is 0 Å². The molecule has 0 radical (unpaired) electrons. The van der Waals surface area contributed by atoms with Gasteiger partial charge in [0.2, 0.25) is 0 Å². The molecule has 0 amide bonds. The first kappa shape index (κ1) is 13.3. The molecule has 1 aliphatic rings. The zero-order chi connectivity index (χ0) is 13.9. The molecule has 2 N–H and O–H groups in total. The van der Waals surface area contributed by atoms with Gasteiger partial charge in [-0.2, -0.15) is 0 Å². The fraction of sp³-hybridized carbons (Fsp3) is 0.462. The van der Waals surface area contributed by atoms with Gasteiger partial charge in [0.05, 0.1) is 6.10 Å². The van der Waals surface area contributed by atoms with Crippen LogP contribution in [0.5, 0.6) is 0 Å². The van der Waals surface area contributed by atoms with Crippen molar-refractivity contribution in [3.8, 4) is 11.4 Å². The molecular formula is C13H16ClN5O. The van der Waals surface area contributed by atoms with Gasteiger partial charge in [-0.05, 0) is 47.9 Å². The molecule has 0 saturated carbocycles. The third kappa shape index (κ3) is 2.76. The molecule has 1 unspecified atom stereocenters. The Kier molecular flexibility index (Phi) is 3.84. The highest BCUT2D eigenvalue weighted by molar-refractivity contribution is 6.31. The fourth-order valence-electron chi connectivity index (χ4n) is 2.42. The zero-order valence-corrected chi connectivity index (χ0v) is 11.8. The Bertz CT molecular complexity index is 594. The van der Waals surface area contributed by atoms with E-state index in [4.69, 9.17) is 22.1 Å². The quantitative estimate of drug-likeness (QED) is 0.874. The molecule has 106 valence electrons. The van der Waals surface area contributed by atoms with Crippen LogP contribution in [0.4, 0.5) is 5.69 Å². The summed E-state index contributed by atoms with van der Waals surface area (Å²) in [5, 5.41) is 12.4. The minimum Gasteiger partial charge on any atom is -0.398 e. The summed E-state index contributed by atoms with van der Waals surface area (Å²) < 4.78 is 7.38. The maximum Gasteiger partial charge on any atom is 0.184 e. The molecule has 2 heterocycles. The molecule has 20 heavy (non-hydrogen) atoms. The van der Waals surface area contributed by atoms with Crippen LogP contribution < -0.4 is 5.73 Å². The Balaban J connectivity index is 1.78. The van der Waals surface area contributed by atoms with Gasteiger partial charge < -0.3 is 10.5 Å². The highest BCUT2D eigenvalue weighted by Gasteiger charge is 2.17. The highest BCUT2D eigenvalue weighted by Crippen LogP contribution is 2.27. The van der Waals surface area contributed by atoms with Crippen molar-refractivity contribution in [2.24, 2.45) is 0 Å². The molecule has 1 fully saturated rings. The Morgan fingerprint density at radius 3 is 3.10 bits per heavy atom. The monoisotopic (exact) mass is 293 g/mol. The average molecular weight is 294 g/mol. The normalized spacial score (nSPS) is 18.6. The summed E-state index contributed by atoms with van der Waals surface area (Å²) in [4.78, 5) is 0. The molecule has 1 atom stereocenters. The van der Waals surface area contributed by atoms with E-state index in [-0.39, 0.29) is 0 Å². The Labute approximate surface area is 121 Å². The third-order valence-electron chi connectivity index (χ3n) is 3.47. The number of hydrogen-bond acceptors (Lipinski definition) is 5. The van der Waals surface area contributed by atoms with Crippen molar-refractivity contribution in [1.82, 2.24) is 20.2 Å². The van der Waals surface area contributed by atoms with Crippen LogP contribution in [0.2, 0.25) is 5.02 Å². The van der Waals surface area contributed by atoms with Crippen molar-refractivity contribution in [3.05, 3.63) is 23.2 Å². The number of hydrogen-bond donors (Lipinski definition) is 1. The molecule has 1 aromatic carbocycles. The molecule has 6 nitrogen and oxygen atoms in total. The second kappa shape index (κ2) is 5.76. The van der Waals surface area contributed by atoms with Crippen LogP contribution in [-0.2, 0) is 11.3 Å². The number of aromatic nitrogens is 4. The van der Waals surface area contributed by atoms with Crippen LogP contribution in [0.15, 0.2) is 18.2 Å². The van der Waals surface area contributed by atoms with Crippen molar-refractivity contribution < 1.29 is 4.74 Å². The van der Waals surface area contributed by atoms with Crippen LogP contribution >= 0.6 is 11.6 Å². The standard InChI is InChI=1S/C13H16ClN5O/c14-9-3-4-11(12(15)8-9)13-16-17-18-19(13)6-5-10-2-1-7-20-10/h3-4,8,10H,1-2,5-7,15H2. The lowest BCUT2D eigenvalue weighted by atomic mass is 10.1. The van der Waals surface area contributed by atoms with Crippen molar-refractivity contribution >= 4 is 17.3 Å². The molecule has 0 spiro atoms. The van der Waals surface area contributed by atoms with E-state index in [0.29, 0.717) is 22.6 Å². The van der Waals surface area contributed by atoms with Gasteiger partial charge in [0.15, 0.2) is 5.82 Å². The number of tetrazole rings is 1. The van der Waals surface area contributed by atoms with E-state index in [1.54, 1.807) is 16.8 Å². The summed E-state index contributed by atoms with van der Waals surface area (Å²) in [5.41, 5.74) is 7.35. The minimum atomic E-state index is 0.314.